The first-order valence-electron chi connectivity index (χ1n) is 18.2. The molecule has 280 valence electrons. The highest BCUT2D eigenvalue weighted by molar-refractivity contribution is 6.02. The number of carbonyl (C=O) groups is 4. The highest BCUT2D eigenvalue weighted by atomic mass is 16.6. The lowest BCUT2D eigenvalue weighted by Crippen LogP contribution is -2.47. The van der Waals surface area contributed by atoms with Crippen molar-refractivity contribution < 1.29 is 28.7 Å². The Hall–Kier alpha value is -5.06. The molecule has 0 radical (unpaired) electrons. The lowest BCUT2D eigenvalue weighted by Gasteiger charge is -2.37. The van der Waals surface area contributed by atoms with Gasteiger partial charge in [0.05, 0.1) is 22.7 Å². The van der Waals surface area contributed by atoms with Crippen molar-refractivity contribution in [1.82, 2.24) is 0 Å². The summed E-state index contributed by atoms with van der Waals surface area (Å²) >= 11 is 0. The summed E-state index contributed by atoms with van der Waals surface area (Å²) in [6.45, 7) is 18.1. The average molecular weight is 714 g/mol. The number of para-hydroxylation sites is 5. The maximum absolute atomic E-state index is 12.3. The molecule has 6 rings (SSSR count). The fraction of sp³-hybridized carbons (Fsp3) is 0.463. The van der Waals surface area contributed by atoms with Crippen LogP contribution in [0.1, 0.15) is 80.2 Å². The molecule has 0 unspecified atom stereocenters. The van der Waals surface area contributed by atoms with Crippen LogP contribution in [0.5, 0.6) is 0 Å². The van der Waals surface area contributed by atoms with E-state index in [4.69, 9.17) is 9.47 Å². The van der Waals surface area contributed by atoms with Gasteiger partial charge < -0.3 is 24.6 Å². The molecule has 3 aliphatic heterocycles. The Morgan fingerprint density at radius 3 is 1.58 bits per heavy atom. The topological polar surface area (TPSA) is 112 Å². The van der Waals surface area contributed by atoms with Gasteiger partial charge in [0.25, 0.3) is 0 Å². The predicted molar refractivity (Wildman–Crippen MR) is 209 cm³/mol. The van der Waals surface area contributed by atoms with Crippen molar-refractivity contribution in [2.24, 2.45) is 0 Å². The van der Waals surface area contributed by atoms with Gasteiger partial charge in [-0.15, -0.1) is 0 Å². The molecule has 0 bridgehead atoms. The van der Waals surface area contributed by atoms with Gasteiger partial charge in [0.2, 0.25) is 11.8 Å². The first kappa shape index (κ1) is 39.7. The first-order chi connectivity index (χ1) is 24.6. The molecule has 3 aromatic carbocycles. The third-order valence-corrected chi connectivity index (χ3v) is 8.40. The Kier molecular flexibility index (Phi) is 13.3. The summed E-state index contributed by atoms with van der Waals surface area (Å²) in [5.74, 6) is 0.295. The third kappa shape index (κ3) is 10.5. The van der Waals surface area contributed by atoms with Crippen molar-refractivity contribution in [2.75, 3.05) is 57.6 Å². The number of hydrogen-bond donors (Lipinski definition) is 1. The summed E-state index contributed by atoms with van der Waals surface area (Å²) in [6, 6.07) is 23.4. The number of anilines is 5. The lowest BCUT2D eigenvalue weighted by atomic mass is 10.0. The van der Waals surface area contributed by atoms with Crippen molar-refractivity contribution in [3.8, 4) is 0 Å². The van der Waals surface area contributed by atoms with Gasteiger partial charge in [-0.1, -0.05) is 56.3 Å². The van der Waals surface area contributed by atoms with Gasteiger partial charge in [-0.2, -0.15) is 0 Å². The molecule has 0 spiro atoms. The van der Waals surface area contributed by atoms with Crippen LogP contribution in [0.3, 0.4) is 0 Å². The van der Waals surface area contributed by atoms with Crippen molar-refractivity contribution in [3.63, 3.8) is 0 Å². The number of fused-ring (bicyclic) bond motifs is 3. The van der Waals surface area contributed by atoms with E-state index >= 15 is 0 Å². The Balaban J connectivity index is 0.000000178. The van der Waals surface area contributed by atoms with Gasteiger partial charge in [-0.05, 0) is 90.3 Å². The SMILES string of the molecule is CC(C)(C)OC(=O)N1CCNc2ccccc21.CCC(=O)N1CCCc2ccccc21.CCC(=O)N1CCN(C(=O)OC(C)(C)C)c2ccccc21. The molecule has 11 heteroatoms. The fourth-order valence-electron chi connectivity index (χ4n) is 6.09. The zero-order chi connectivity index (χ0) is 38.1. The predicted octanol–water partition coefficient (Wildman–Crippen LogP) is 8.41. The molecular formula is C41H55N5O6. The van der Waals surface area contributed by atoms with E-state index in [-0.39, 0.29) is 24.0 Å². The minimum Gasteiger partial charge on any atom is -0.443 e. The summed E-state index contributed by atoms with van der Waals surface area (Å²) in [7, 11) is 0. The van der Waals surface area contributed by atoms with Crippen LogP contribution in [-0.2, 0) is 25.5 Å². The second-order valence-corrected chi connectivity index (χ2v) is 14.7. The molecule has 3 aromatic rings. The minimum absolute atomic E-state index is 0.0614. The molecule has 4 amide bonds. The molecule has 1 N–H and O–H groups in total. The van der Waals surface area contributed by atoms with Crippen LogP contribution in [0.2, 0.25) is 0 Å². The van der Waals surface area contributed by atoms with Crippen molar-refractivity contribution in [3.05, 3.63) is 78.4 Å². The van der Waals surface area contributed by atoms with Gasteiger partial charge in [0.15, 0.2) is 0 Å². The van der Waals surface area contributed by atoms with Gasteiger partial charge in [0, 0.05) is 51.3 Å². The number of amides is 4. The van der Waals surface area contributed by atoms with Gasteiger partial charge >= 0.3 is 12.2 Å². The second kappa shape index (κ2) is 17.4. The van der Waals surface area contributed by atoms with E-state index in [1.165, 1.54) is 5.56 Å². The molecule has 0 aliphatic carbocycles. The Labute approximate surface area is 308 Å². The van der Waals surface area contributed by atoms with Gasteiger partial charge in [0.1, 0.15) is 11.2 Å². The van der Waals surface area contributed by atoms with E-state index in [9.17, 15) is 19.2 Å². The van der Waals surface area contributed by atoms with Crippen molar-refractivity contribution in [1.29, 1.82) is 0 Å². The summed E-state index contributed by atoms with van der Waals surface area (Å²) < 4.78 is 10.8. The summed E-state index contributed by atoms with van der Waals surface area (Å²) in [4.78, 5) is 55.0. The van der Waals surface area contributed by atoms with Crippen LogP contribution >= 0.6 is 0 Å². The molecule has 0 atom stereocenters. The zero-order valence-corrected chi connectivity index (χ0v) is 32.0. The minimum atomic E-state index is -0.539. The smallest absolute Gasteiger partial charge is 0.414 e. The number of hydrogen-bond acceptors (Lipinski definition) is 7. The molecule has 52 heavy (non-hydrogen) atoms. The van der Waals surface area contributed by atoms with E-state index < -0.39 is 11.2 Å². The molecule has 0 aromatic heterocycles. The van der Waals surface area contributed by atoms with Crippen molar-refractivity contribution >= 4 is 52.4 Å². The molecule has 0 fully saturated rings. The quantitative estimate of drug-likeness (QED) is 0.284. The fourth-order valence-corrected chi connectivity index (χ4v) is 6.09. The molecule has 0 saturated carbocycles. The molecule has 3 heterocycles. The van der Waals surface area contributed by atoms with E-state index in [2.05, 4.69) is 11.4 Å². The van der Waals surface area contributed by atoms with E-state index in [0.717, 1.165) is 54.4 Å². The van der Waals surface area contributed by atoms with Gasteiger partial charge in [-0.3, -0.25) is 19.4 Å². The number of carbonyl (C=O) groups excluding carboxylic acids is 4. The summed E-state index contributed by atoms with van der Waals surface area (Å²) in [5.41, 5.74) is 4.77. The van der Waals surface area contributed by atoms with Crippen LogP contribution in [0.4, 0.5) is 38.0 Å². The van der Waals surface area contributed by atoms with Crippen LogP contribution in [0, 0.1) is 0 Å². The summed E-state index contributed by atoms with van der Waals surface area (Å²) in [6.07, 6.45) is 2.56. The third-order valence-electron chi connectivity index (χ3n) is 8.40. The standard InChI is InChI=1S/C16H22N2O3.C13H18N2O2.C12H15NO/c1-5-14(19)17-10-11-18(15(20)21-16(2,3)4)13-9-7-6-8-12(13)17;1-13(2,3)17-12(16)15-9-8-14-10-6-4-5-7-11(10)15;1-2-12(14)13-9-5-7-10-6-3-4-8-11(10)13/h6-9H,5,10-11H2,1-4H3;4-7,14H,8-9H2,1-3H3;3-4,6,8H,2,5,7,9H2,1H3. The highest BCUT2D eigenvalue weighted by Crippen LogP contribution is 2.34. The Morgan fingerprint density at radius 2 is 1.02 bits per heavy atom. The number of aryl methyl sites for hydroxylation is 1. The van der Waals surface area contributed by atoms with E-state index in [0.29, 0.717) is 32.5 Å². The Morgan fingerprint density at radius 1 is 0.577 bits per heavy atom. The van der Waals surface area contributed by atoms with E-state index in [1.807, 2.05) is 127 Å². The van der Waals surface area contributed by atoms with Crippen LogP contribution in [0.15, 0.2) is 72.8 Å². The number of rotatable bonds is 2. The normalized spacial score (nSPS) is 14.8. The number of benzene rings is 3. The lowest BCUT2D eigenvalue weighted by molar-refractivity contribution is -0.119. The van der Waals surface area contributed by atoms with Crippen LogP contribution in [-0.4, -0.2) is 67.9 Å². The van der Waals surface area contributed by atoms with Crippen LogP contribution in [0.25, 0.3) is 0 Å². The maximum atomic E-state index is 12.3. The average Bonchev–Trinajstić information content (AvgIpc) is 3.12. The monoisotopic (exact) mass is 713 g/mol. The number of ether oxygens (including phenoxy) is 2. The summed E-state index contributed by atoms with van der Waals surface area (Å²) in [5, 5.41) is 3.26. The zero-order valence-electron chi connectivity index (χ0n) is 32.0. The molecule has 0 saturated heterocycles. The maximum Gasteiger partial charge on any atom is 0.414 e. The highest BCUT2D eigenvalue weighted by Gasteiger charge is 2.32. The van der Waals surface area contributed by atoms with E-state index in [1.54, 1.807) is 14.7 Å². The number of nitrogens with zero attached hydrogens (tertiary/aromatic N) is 4. The van der Waals surface area contributed by atoms with Gasteiger partial charge in [-0.25, -0.2) is 9.59 Å². The first-order valence-corrected chi connectivity index (χ1v) is 18.2. The largest absolute Gasteiger partial charge is 0.443 e. The molecule has 3 aliphatic rings. The molecular weight excluding hydrogens is 658 g/mol. The molecule has 11 nitrogen and oxygen atoms in total. The van der Waals surface area contributed by atoms with Crippen LogP contribution < -0.4 is 24.9 Å². The number of nitrogens with one attached hydrogen (secondary N) is 1. The Bertz CT molecular complexity index is 1710. The van der Waals surface area contributed by atoms with Crippen molar-refractivity contribution in [2.45, 2.75) is 92.3 Å². The second-order valence-electron chi connectivity index (χ2n) is 14.7.